The highest BCUT2D eigenvalue weighted by Gasteiger charge is 2.51. The van der Waals surface area contributed by atoms with Crippen molar-refractivity contribution in [1.29, 1.82) is 0 Å². The molecular weight excluding hydrogens is 444 g/mol. The number of nitrogens with one attached hydrogen (secondary N) is 1. The number of aliphatic hydroxyl groups excluding tert-OH is 3. The number of ether oxygens (including phenoxy) is 3. The average Bonchev–Trinajstić information content (AvgIpc) is 3.22. The molecule has 1 aliphatic carbocycles. The topological polar surface area (TPSA) is 138 Å². The van der Waals surface area contributed by atoms with Crippen LogP contribution in [0.2, 0.25) is 0 Å². The highest BCUT2D eigenvalue weighted by Crippen LogP contribution is 2.51. The van der Waals surface area contributed by atoms with E-state index in [4.69, 9.17) is 14.2 Å². The molecule has 0 aromatic heterocycles. The first-order chi connectivity index (χ1) is 16.3. The quantitative estimate of drug-likeness (QED) is 0.367. The molecule has 0 unspecified atom stereocenters. The van der Waals surface area contributed by atoms with Gasteiger partial charge in [0.05, 0.1) is 38.9 Å². The van der Waals surface area contributed by atoms with Crippen LogP contribution in [-0.2, 0) is 20.9 Å². The molecular formula is C24H34N2O8. The number of aliphatic hydroxyl groups is 3. The van der Waals surface area contributed by atoms with Crippen molar-refractivity contribution in [3.8, 4) is 11.5 Å². The van der Waals surface area contributed by atoms with Gasteiger partial charge in [-0.2, -0.15) is 0 Å². The minimum absolute atomic E-state index is 0.0484. The Morgan fingerprint density at radius 2 is 1.97 bits per heavy atom. The molecule has 0 bridgehead atoms. The van der Waals surface area contributed by atoms with E-state index >= 15 is 0 Å². The first kappa shape index (κ1) is 26.0. The summed E-state index contributed by atoms with van der Waals surface area (Å²) in [6, 6.07) is 2.53. The third-order valence-electron chi connectivity index (χ3n) is 6.17. The van der Waals surface area contributed by atoms with Crippen LogP contribution in [0.15, 0.2) is 23.8 Å². The summed E-state index contributed by atoms with van der Waals surface area (Å²) in [5.41, 5.74) is 1.49. The van der Waals surface area contributed by atoms with Crippen LogP contribution in [-0.4, -0.2) is 90.8 Å². The van der Waals surface area contributed by atoms with Gasteiger partial charge in [0.1, 0.15) is 12.2 Å². The van der Waals surface area contributed by atoms with Crippen LogP contribution < -0.4 is 14.8 Å². The van der Waals surface area contributed by atoms with Crippen LogP contribution in [0, 0.1) is 5.92 Å². The molecule has 1 aliphatic heterocycles. The molecule has 3 rings (SSSR count). The molecule has 34 heavy (non-hydrogen) atoms. The monoisotopic (exact) mass is 478 g/mol. The largest absolute Gasteiger partial charge is 0.493 e. The summed E-state index contributed by atoms with van der Waals surface area (Å²) in [6.45, 7) is 3.58. The van der Waals surface area contributed by atoms with Crippen LogP contribution >= 0.6 is 0 Å². The van der Waals surface area contributed by atoms with E-state index in [0.717, 1.165) is 0 Å². The molecule has 10 heteroatoms. The number of rotatable bonds is 10. The highest BCUT2D eigenvalue weighted by molar-refractivity contribution is 5.96. The fourth-order valence-electron chi connectivity index (χ4n) is 4.55. The second-order valence-corrected chi connectivity index (χ2v) is 8.70. The van der Waals surface area contributed by atoms with E-state index in [1.54, 1.807) is 32.1 Å². The van der Waals surface area contributed by atoms with Crippen molar-refractivity contribution < 1.29 is 39.1 Å². The molecule has 4 N–H and O–H groups in total. The van der Waals surface area contributed by atoms with Crippen molar-refractivity contribution in [3.63, 3.8) is 0 Å². The van der Waals surface area contributed by atoms with Crippen molar-refractivity contribution >= 4 is 11.8 Å². The van der Waals surface area contributed by atoms with Crippen molar-refractivity contribution in [2.24, 2.45) is 5.92 Å². The van der Waals surface area contributed by atoms with Gasteiger partial charge in [-0.3, -0.25) is 9.59 Å². The lowest BCUT2D eigenvalue weighted by Crippen LogP contribution is -2.57. The smallest absolute Gasteiger partial charge is 0.247 e. The van der Waals surface area contributed by atoms with Gasteiger partial charge < -0.3 is 39.7 Å². The maximum atomic E-state index is 13.2. The van der Waals surface area contributed by atoms with E-state index in [1.165, 1.54) is 19.1 Å². The van der Waals surface area contributed by atoms with E-state index in [-0.39, 0.29) is 44.7 Å². The maximum Gasteiger partial charge on any atom is 0.247 e. The van der Waals surface area contributed by atoms with Crippen LogP contribution in [0.1, 0.15) is 30.9 Å². The Labute approximate surface area is 199 Å². The average molecular weight is 479 g/mol. The second-order valence-electron chi connectivity index (χ2n) is 8.70. The zero-order valence-electron chi connectivity index (χ0n) is 20.0. The Kier molecular flexibility index (Phi) is 8.53. The molecule has 1 aromatic carbocycles. The lowest BCUT2D eigenvalue weighted by molar-refractivity contribution is -0.141. The third kappa shape index (κ3) is 4.90. The number of nitrogens with zero attached hydrogens (tertiary/aromatic N) is 1. The molecule has 1 heterocycles. The number of carbonyl (C=O) groups is 2. The number of amides is 2. The first-order valence-electron chi connectivity index (χ1n) is 11.4. The molecule has 0 saturated heterocycles. The highest BCUT2D eigenvalue weighted by atomic mass is 16.5. The zero-order valence-corrected chi connectivity index (χ0v) is 20.0. The number of carbonyl (C=O) groups excluding carboxylic acids is 2. The lowest BCUT2D eigenvalue weighted by atomic mass is 9.77. The van der Waals surface area contributed by atoms with Crippen molar-refractivity contribution in [2.45, 2.75) is 44.6 Å². The van der Waals surface area contributed by atoms with Crippen LogP contribution in [0.4, 0.5) is 0 Å². The minimum Gasteiger partial charge on any atom is -0.493 e. The van der Waals surface area contributed by atoms with Gasteiger partial charge in [-0.05, 0) is 23.8 Å². The first-order valence-corrected chi connectivity index (χ1v) is 11.4. The number of fused-ring (bicyclic) bond motifs is 3. The van der Waals surface area contributed by atoms with Gasteiger partial charge in [-0.15, -0.1) is 0 Å². The molecule has 10 nitrogen and oxygen atoms in total. The van der Waals surface area contributed by atoms with E-state index < -0.39 is 30.1 Å². The Morgan fingerprint density at radius 1 is 1.24 bits per heavy atom. The number of hydrogen-bond donors (Lipinski definition) is 4. The van der Waals surface area contributed by atoms with E-state index in [9.17, 15) is 24.9 Å². The predicted octanol–water partition coefficient (Wildman–Crippen LogP) is -0.0589. The van der Waals surface area contributed by atoms with Crippen LogP contribution in [0.25, 0.3) is 0 Å². The summed E-state index contributed by atoms with van der Waals surface area (Å²) >= 11 is 0. The molecule has 1 aromatic rings. The molecule has 0 spiro atoms. The van der Waals surface area contributed by atoms with E-state index in [0.29, 0.717) is 28.2 Å². The Balaban J connectivity index is 2.13. The number of hydrogen-bond acceptors (Lipinski definition) is 8. The van der Waals surface area contributed by atoms with Crippen molar-refractivity contribution in [1.82, 2.24) is 10.2 Å². The van der Waals surface area contributed by atoms with E-state index in [1.807, 2.05) is 0 Å². The zero-order chi connectivity index (χ0) is 25.0. The van der Waals surface area contributed by atoms with Gasteiger partial charge in [-0.1, -0.05) is 13.8 Å². The molecule has 2 aliphatic rings. The molecule has 2 amide bonds. The number of benzene rings is 1. The fraction of sp³-hybridized carbons (Fsp3) is 0.583. The van der Waals surface area contributed by atoms with Crippen molar-refractivity contribution in [3.05, 3.63) is 34.9 Å². The maximum absolute atomic E-state index is 13.2. The minimum atomic E-state index is -1.14. The fourth-order valence-corrected chi connectivity index (χ4v) is 4.55. The molecule has 0 radical (unpaired) electrons. The van der Waals surface area contributed by atoms with Gasteiger partial charge in [0.2, 0.25) is 11.8 Å². The SMILES string of the molecule is COCCN(C(=O)C(C)C)[C@@H]1C=C(C(=O)NCCO)[C@@H]2c3cc(CO)cc(OC)c3O[C@@H]2[C@H]1O. The van der Waals surface area contributed by atoms with E-state index in [2.05, 4.69) is 5.32 Å². The standard InChI is InChI=1S/C24H34N2O8/c1-13(2)24(31)26(6-8-32-3)17-11-16(23(30)25-5-7-27)19-15-9-14(12-28)10-18(33-4)21(15)34-22(19)20(17)29/h9-11,13,17,19-20,22,27-29H,5-8,12H2,1-4H3,(H,25,30)/t17-,19+,20+,22+/m1/s1. The van der Waals surface area contributed by atoms with Gasteiger partial charge in [-0.25, -0.2) is 0 Å². The summed E-state index contributed by atoms with van der Waals surface area (Å²) in [5, 5.41) is 33.0. The van der Waals surface area contributed by atoms with Gasteiger partial charge in [0.15, 0.2) is 11.5 Å². The second kappa shape index (κ2) is 11.2. The predicted molar refractivity (Wildman–Crippen MR) is 122 cm³/mol. The van der Waals surface area contributed by atoms with Crippen LogP contribution in [0.3, 0.4) is 0 Å². The summed E-state index contributed by atoms with van der Waals surface area (Å²) in [6.07, 6.45) is -0.410. The summed E-state index contributed by atoms with van der Waals surface area (Å²) in [7, 11) is 3.00. The van der Waals surface area contributed by atoms with Crippen LogP contribution in [0.5, 0.6) is 11.5 Å². The summed E-state index contributed by atoms with van der Waals surface area (Å²) in [4.78, 5) is 27.7. The number of methoxy groups -OCH3 is 2. The van der Waals surface area contributed by atoms with Gasteiger partial charge in [0.25, 0.3) is 0 Å². The van der Waals surface area contributed by atoms with Gasteiger partial charge in [0, 0.05) is 37.3 Å². The lowest BCUT2D eigenvalue weighted by Gasteiger charge is -2.41. The Bertz CT molecular complexity index is 932. The summed E-state index contributed by atoms with van der Waals surface area (Å²) in [5.74, 6) is -0.858. The summed E-state index contributed by atoms with van der Waals surface area (Å²) < 4.78 is 16.8. The molecule has 4 atom stereocenters. The molecule has 0 fully saturated rings. The van der Waals surface area contributed by atoms with Crippen molar-refractivity contribution in [2.75, 3.05) is 40.5 Å². The normalized spacial score (nSPS) is 23.0. The Morgan fingerprint density at radius 3 is 2.56 bits per heavy atom. The van der Waals surface area contributed by atoms with Gasteiger partial charge >= 0.3 is 0 Å². The third-order valence-corrected chi connectivity index (χ3v) is 6.17. The Hall–Kier alpha value is -2.66. The molecule has 188 valence electrons. The molecule has 0 saturated carbocycles.